The molecule has 0 aromatic heterocycles. The molecule has 1 aliphatic rings. The van der Waals surface area contributed by atoms with Crippen LogP contribution in [0.15, 0.2) is 0 Å². The van der Waals surface area contributed by atoms with Gasteiger partial charge in [-0.3, -0.25) is 9.59 Å². The Balaban J connectivity index is 2.25. The number of nitrogens with zero attached hydrogens (tertiary/aromatic N) is 1. The Labute approximate surface area is 102 Å². The van der Waals surface area contributed by atoms with Gasteiger partial charge in [-0.15, -0.1) is 0 Å². The largest absolute Gasteiger partial charge is 0.384 e. The van der Waals surface area contributed by atoms with E-state index in [9.17, 15) is 9.59 Å². The molecule has 98 valence electrons. The molecule has 0 radical (unpaired) electrons. The van der Waals surface area contributed by atoms with Crippen molar-refractivity contribution in [2.45, 2.75) is 38.6 Å². The second kappa shape index (κ2) is 7.27. The number of nitrogens with one attached hydrogen (secondary N) is 1. The lowest BCUT2D eigenvalue weighted by Crippen LogP contribution is -2.46. The fourth-order valence-corrected chi connectivity index (χ4v) is 1.95. The van der Waals surface area contributed by atoms with Crippen LogP contribution in [0.2, 0.25) is 0 Å². The third-order valence-electron chi connectivity index (χ3n) is 3.05. The Hall–Kier alpha value is -1.10. The molecule has 0 aromatic carbocycles. The summed E-state index contributed by atoms with van der Waals surface area (Å²) in [6, 6.07) is 0.230. The summed E-state index contributed by atoms with van der Waals surface area (Å²) in [5.41, 5.74) is 0. The summed E-state index contributed by atoms with van der Waals surface area (Å²) >= 11 is 0. The van der Waals surface area contributed by atoms with Gasteiger partial charge in [0.1, 0.15) is 0 Å². The summed E-state index contributed by atoms with van der Waals surface area (Å²) in [5, 5.41) is 2.97. The highest BCUT2D eigenvalue weighted by Gasteiger charge is 2.22. The summed E-state index contributed by atoms with van der Waals surface area (Å²) in [7, 11) is 1.60. The van der Waals surface area contributed by atoms with Crippen LogP contribution in [0.1, 0.15) is 32.6 Å². The average molecular weight is 242 g/mol. The molecule has 5 nitrogen and oxygen atoms in total. The molecule has 0 spiro atoms. The smallest absolute Gasteiger partial charge is 0.224 e. The number of hydrogen-bond acceptors (Lipinski definition) is 3. The van der Waals surface area contributed by atoms with Crippen molar-refractivity contribution in [1.29, 1.82) is 0 Å². The van der Waals surface area contributed by atoms with Crippen molar-refractivity contribution in [1.82, 2.24) is 10.2 Å². The second-order valence-corrected chi connectivity index (χ2v) is 4.32. The normalized spacial score (nSPS) is 16.9. The topological polar surface area (TPSA) is 58.6 Å². The number of methoxy groups -OCH3 is 1. The fraction of sp³-hybridized carbons (Fsp3) is 0.833. The summed E-state index contributed by atoms with van der Waals surface area (Å²) in [6.07, 6.45) is 2.67. The standard InChI is InChI=1S/C12H22N2O3/c1-3-11(15)13-10-4-7-14(8-5-10)12(16)6-9-17-2/h10H,3-9H2,1-2H3,(H,13,15). The Bertz CT molecular complexity index is 260. The van der Waals surface area contributed by atoms with Gasteiger partial charge in [0, 0.05) is 32.7 Å². The van der Waals surface area contributed by atoms with Crippen LogP contribution in [0.5, 0.6) is 0 Å². The lowest BCUT2D eigenvalue weighted by molar-refractivity contribution is -0.133. The van der Waals surface area contributed by atoms with E-state index in [4.69, 9.17) is 4.74 Å². The van der Waals surface area contributed by atoms with Crippen LogP contribution in [0.25, 0.3) is 0 Å². The minimum absolute atomic E-state index is 0.0918. The molecule has 0 unspecified atom stereocenters. The molecule has 2 amide bonds. The molecule has 5 heteroatoms. The quantitative estimate of drug-likeness (QED) is 0.765. The monoisotopic (exact) mass is 242 g/mol. The van der Waals surface area contributed by atoms with Gasteiger partial charge >= 0.3 is 0 Å². The Morgan fingerprint density at radius 3 is 2.53 bits per heavy atom. The summed E-state index contributed by atoms with van der Waals surface area (Å²) in [6.45, 7) is 3.79. The highest BCUT2D eigenvalue weighted by molar-refractivity contribution is 5.77. The van der Waals surface area contributed by atoms with Crippen LogP contribution >= 0.6 is 0 Å². The third-order valence-corrected chi connectivity index (χ3v) is 3.05. The van der Waals surface area contributed by atoms with E-state index in [0.717, 1.165) is 25.9 Å². The number of hydrogen-bond donors (Lipinski definition) is 1. The first kappa shape index (κ1) is 14.0. The van der Waals surface area contributed by atoms with E-state index < -0.39 is 0 Å². The lowest BCUT2D eigenvalue weighted by atomic mass is 10.0. The molecule has 1 heterocycles. The first-order chi connectivity index (χ1) is 8.17. The summed E-state index contributed by atoms with van der Waals surface area (Å²) < 4.78 is 4.89. The third kappa shape index (κ3) is 4.73. The molecule has 0 atom stereocenters. The minimum atomic E-state index is 0.0918. The van der Waals surface area contributed by atoms with E-state index >= 15 is 0 Å². The molecule has 1 saturated heterocycles. The van der Waals surface area contributed by atoms with Crippen LogP contribution in [0.3, 0.4) is 0 Å². The van der Waals surface area contributed by atoms with E-state index in [2.05, 4.69) is 5.32 Å². The number of amides is 2. The predicted octanol–water partition coefficient (Wildman–Crippen LogP) is 0.540. The Morgan fingerprint density at radius 2 is 2.00 bits per heavy atom. The maximum Gasteiger partial charge on any atom is 0.224 e. The van der Waals surface area contributed by atoms with E-state index in [-0.39, 0.29) is 17.9 Å². The SMILES string of the molecule is CCC(=O)NC1CCN(C(=O)CCOC)CC1. The number of likely N-dealkylation sites (tertiary alicyclic amines) is 1. The first-order valence-corrected chi connectivity index (χ1v) is 6.23. The van der Waals surface area contributed by atoms with Crippen molar-refractivity contribution in [3.8, 4) is 0 Å². The van der Waals surface area contributed by atoms with E-state index in [1.807, 2.05) is 11.8 Å². The van der Waals surface area contributed by atoms with Crippen LogP contribution in [0.4, 0.5) is 0 Å². The van der Waals surface area contributed by atoms with E-state index in [0.29, 0.717) is 19.4 Å². The molecule has 1 fully saturated rings. The zero-order valence-electron chi connectivity index (χ0n) is 10.7. The summed E-state index contributed by atoms with van der Waals surface area (Å²) in [5.74, 6) is 0.237. The molecular weight excluding hydrogens is 220 g/mol. The lowest BCUT2D eigenvalue weighted by Gasteiger charge is -2.32. The van der Waals surface area contributed by atoms with Crippen LogP contribution in [0, 0.1) is 0 Å². The van der Waals surface area contributed by atoms with Gasteiger partial charge in [0.2, 0.25) is 11.8 Å². The predicted molar refractivity (Wildman–Crippen MR) is 64.5 cm³/mol. The maximum atomic E-state index is 11.7. The molecule has 1 N–H and O–H groups in total. The molecular formula is C12H22N2O3. The van der Waals surface area contributed by atoms with Crippen molar-refractivity contribution in [3.05, 3.63) is 0 Å². The number of carbonyl (C=O) groups is 2. The van der Waals surface area contributed by atoms with Gasteiger partial charge < -0.3 is 15.0 Å². The van der Waals surface area contributed by atoms with Crippen molar-refractivity contribution < 1.29 is 14.3 Å². The van der Waals surface area contributed by atoms with Gasteiger partial charge in [-0.05, 0) is 12.8 Å². The van der Waals surface area contributed by atoms with Gasteiger partial charge in [0.15, 0.2) is 0 Å². The van der Waals surface area contributed by atoms with Gasteiger partial charge in [-0.1, -0.05) is 6.92 Å². The summed E-state index contributed by atoms with van der Waals surface area (Å²) in [4.78, 5) is 24.8. The molecule has 0 aliphatic carbocycles. The number of piperidine rings is 1. The molecule has 17 heavy (non-hydrogen) atoms. The number of ether oxygens (including phenoxy) is 1. The van der Waals surface area contributed by atoms with E-state index in [1.54, 1.807) is 7.11 Å². The molecule has 0 saturated carbocycles. The molecule has 1 rings (SSSR count). The highest BCUT2D eigenvalue weighted by atomic mass is 16.5. The van der Waals surface area contributed by atoms with Crippen molar-refractivity contribution >= 4 is 11.8 Å². The Morgan fingerprint density at radius 1 is 1.35 bits per heavy atom. The minimum Gasteiger partial charge on any atom is -0.384 e. The van der Waals surface area contributed by atoms with Gasteiger partial charge in [0.05, 0.1) is 13.0 Å². The zero-order chi connectivity index (χ0) is 12.7. The van der Waals surface area contributed by atoms with Crippen molar-refractivity contribution in [2.24, 2.45) is 0 Å². The first-order valence-electron chi connectivity index (χ1n) is 6.23. The molecule has 1 aliphatic heterocycles. The number of rotatable bonds is 5. The van der Waals surface area contributed by atoms with Gasteiger partial charge in [-0.25, -0.2) is 0 Å². The van der Waals surface area contributed by atoms with Crippen molar-refractivity contribution in [2.75, 3.05) is 26.8 Å². The second-order valence-electron chi connectivity index (χ2n) is 4.32. The fourth-order valence-electron chi connectivity index (χ4n) is 1.95. The van der Waals surface area contributed by atoms with Crippen LogP contribution < -0.4 is 5.32 Å². The number of carbonyl (C=O) groups excluding carboxylic acids is 2. The van der Waals surface area contributed by atoms with Crippen LogP contribution in [-0.2, 0) is 14.3 Å². The Kier molecular flexibility index (Phi) is 5.97. The molecule has 0 bridgehead atoms. The average Bonchev–Trinajstić information content (AvgIpc) is 2.36. The van der Waals surface area contributed by atoms with Gasteiger partial charge in [-0.2, -0.15) is 0 Å². The van der Waals surface area contributed by atoms with Crippen LogP contribution in [-0.4, -0.2) is 49.6 Å². The molecule has 0 aromatic rings. The maximum absolute atomic E-state index is 11.7. The highest BCUT2D eigenvalue weighted by Crippen LogP contribution is 2.11. The van der Waals surface area contributed by atoms with E-state index in [1.165, 1.54) is 0 Å². The van der Waals surface area contributed by atoms with Crippen molar-refractivity contribution in [3.63, 3.8) is 0 Å². The van der Waals surface area contributed by atoms with Gasteiger partial charge in [0.25, 0.3) is 0 Å². The zero-order valence-corrected chi connectivity index (χ0v) is 10.7.